The monoisotopic (exact) mass is 820 g/mol. The van der Waals surface area contributed by atoms with Crippen molar-refractivity contribution in [3.8, 4) is 0 Å². The molecule has 2 saturated carbocycles. The number of benzene rings is 4. The molecule has 2 aromatic heterocycles. The minimum atomic E-state index is -0.229. The molecule has 0 aliphatic heterocycles. The van der Waals surface area contributed by atoms with E-state index in [-0.39, 0.29) is 35.3 Å². The molecule has 2 aliphatic carbocycles. The summed E-state index contributed by atoms with van der Waals surface area (Å²) in [5.74, 6) is 0.985. The molecule has 2 fully saturated rings. The smallest absolute Gasteiger partial charge is 0.227 e. The minimum Gasteiger partial charge on any atom is -0.326 e. The molecule has 2 aliphatic rings. The number of anilines is 2. The Kier molecular flexibility index (Phi) is 13.4. The van der Waals surface area contributed by atoms with Crippen LogP contribution in [0.1, 0.15) is 88.2 Å². The minimum absolute atomic E-state index is 0.0483. The number of carbonyl (C=O) groups is 2. The predicted octanol–water partition coefficient (Wildman–Crippen LogP) is 13.2. The number of nitrogens with one attached hydrogen (secondary N) is 2. The van der Waals surface area contributed by atoms with Crippen molar-refractivity contribution < 1.29 is 18.4 Å². The molecule has 2 N–H and O–H groups in total. The van der Waals surface area contributed by atoms with Crippen LogP contribution < -0.4 is 10.6 Å². The van der Waals surface area contributed by atoms with Gasteiger partial charge >= 0.3 is 0 Å². The first-order valence-corrected chi connectivity index (χ1v) is 21.0. The van der Waals surface area contributed by atoms with Gasteiger partial charge in [0.1, 0.15) is 11.6 Å². The molecular formula is C48H48Cl2F2N4O2. The lowest BCUT2D eigenvalue weighted by atomic mass is 9.73. The van der Waals surface area contributed by atoms with E-state index in [1.807, 2.05) is 62.6 Å². The molecule has 300 valence electrons. The Morgan fingerprint density at radius 1 is 0.552 bits per heavy atom. The van der Waals surface area contributed by atoms with Gasteiger partial charge in [0.05, 0.1) is 11.0 Å². The van der Waals surface area contributed by atoms with Crippen molar-refractivity contribution in [1.29, 1.82) is 0 Å². The highest BCUT2D eigenvalue weighted by Gasteiger charge is 2.32. The number of halogens is 4. The molecule has 4 aromatic carbocycles. The van der Waals surface area contributed by atoms with Crippen LogP contribution in [0.15, 0.2) is 109 Å². The van der Waals surface area contributed by atoms with Crippen LogP contribution >= 0.6 is 23.2 Å². The summed E-state index contributed by atoms with van der Waals surface area (Å²) in [6.07, 6.45) is 11.6. The van der Waals surface area contributed by atoms with Gasteiger partial charge in [0.15, 0.2) is 0 Å². The summed E-state index contributed by atoms with van der Waals surface area (Å²) in [5.41, 5.74) is 5.55. The van der Waals surface area contributed by atoms with E-state index in [2.05, 4.69) is 20.6 Å². The zero-order valence-corrected chi connectivity index (χ0v) is 34.2. The maximum atomic E-state index is 13.8. The third kappa shape index (κ3) is 10.0. The largest absolute Gasteiger partial charge is 0.326 e. The fourth-order valence-corrected chi connectivity index (χ4v) is 9.11. The standard InChI is InChI=1S/2C24H24ClFN2O/c2*1-15(24(29)28-20-9-6-18(25)7-10-20)16-2-4-17(5-3-16)21-12-13-27-23-11-8-19(26)14-22(21)23/h2*6-17H,2-5H2,1H3,(H,28,29)/t2*15-,16?,17?/m10/s1. The zero-order valence-electron chi connectivity index (χ0n) is 32.7. The van der Waals surface area contributed by atoms with Gasteiger partial charge in [-0.15, -0.1) is 0 Å². The van der Waals surface area contributed by atoms with E-state index < -0.39 is 0 Å². The molecule has 10 heteroatoms. The Balaban J connectivity index is 0.000000177. The Labute approximate surface area is 348 Å². The van der Waals surface area contributed by atoms with Crippen molar-refractivity contribution >= 4 is 68.2 Å². The van der Waals surface area contributed by atoms with Crippen molar-refractivity contribution in [3.05, 3.63) is 142 Å². The van der Waals surface area contributed by atoms with Crippen LogP contribution in [-0.2, 0) is 9.59 Å². The quantitative estimate of drug-likeness (QED) is 0.160. The number of nitrogens with zero attached hydrogens (tertiary/aromatic N) is 2. The SMILES string of the molecule is C[C@@H](C(=O)Nc1ccc(Cl)cc1)C1CCC(c2ccnc3ccc(F)cc23)CC1.C[C@H](C(=O)Nc1ccc(Cl)cc1)C1CCC(c2ccnc3ccc(F)cc23)CC1. The van der Waals surface area contributed by atoms with E-state index in [4.69, 9.17) is 23.2 Å². The summed E-state index contributed by atoms with van der Waals surface area (Å²) in [6.45, 7) is 4.01. The third-order valence-electron chi connectivity index (χ3n) is 12.4. The number of fused-ring (bicyclic) bond motifs is 2. The lowest BCUT2D eigenvalue weighted by molar-refractivity contribution is -0.122. The van der Waals surface area contributed by atoms with Crippen LogP contribution in [0.25, 0.3) is 21.8 Å². The molecule has 0 bridgehead atoms. The molecule has 2 atom stereocenters. The molecule has 2 heterocycles. The number of hydrogen-bond acceptors (Lipinski definition) is 4. The highest BCUT2D eigenvalue weighted by Crippen LogP contribution is 2.42. The normalized spacial score (nSPS) is 20.4. The van der Waals surface area contributed by atoms with Gasteiger partial charge in [0.2, 0.25) is 11.8 Å². The Bertz CT molecular complexity index is 2190. The molecule has 0 spiro atoms. The van der Waals surface area contributed by atoms with E-state index in [0.717, 1.165) is 84.5 Å². The Morgan fingerprint density at radius 2 is 0.914 bits per heavy atom. The maximum absolute atomic E-state index is 13.8. The number of carbonyl (C=O) groups excluding carboxylic acids is 2. The predicted molar refractivity (Wildman–Crippen MR) is 231 cm³/mol. The molecule has 0 unspecified atom stereocenters. The first-order valence-electron chi connectivity index (χ1n) is 20.2. The number of hydrogen-bond donors (Lipinski definition) is 2. The fraction of sp³-hybridized carbons (Fsp3) is 0.333. The summed E-state index contributed by atoms with van der Waals surface area (Å²) < 4.78 is 27.5. The van der Waals surface area contributed by atoms with Crippen LogP contribution in [-0.4, -0.2) is 21.8 Å². The second-order valence-corrected chi connectivity index (χ2v) is 16.8. The van der Waals surface area contributed by atoms with Crippen LogP contribution in [0.4, 0.5) is 20.2 Å². The summed E-state index contributed by atoms with van der Waals surface area (Å²) in [6, 6.07) is 28.0. The highest BCUT2D eigenvalue weighted by molar-refractivity contribution is 6.31. The van der Waals surface area contributed by atoms with E-state index >= 15 is 0 Å². The van der Waals surface area contributed by atoms with E-state index in [9.17, 15) is 18.4 Å². The summed E-state index contributed by atoms with van der Waals surface area (Å²) in [7, 11) is 0. The average Bonchev–Trinajstić information content (AvgIpc) is 3.24. The molecule has 58 heavy (non-hydrogen) atoms. The molecule has 0 radical (unpaired) electrons. The van der Waals surface area contributed by atoms with Gasteiger partial charge in [0.25, 0.3) is 0 Å². The third-order valence-corrected chi connectivity index (χ3v) is 12.9. The van der Waals surface area contributed by atoms with Crippen LogP contribution in [0.5, 0.6) is 0 Å². The maximum Gasteiger partial charge on any atom is 0.227 e. The molecular weight excluding hydrogens is 773 g/mol. The van der Waals surface area contributed by atoms with E-state index in [1.54, 1.807) is 48.5 Å². The zero-order chi connectivity index (χ0) is 40.8. The number of pyridine rings is 2. The van der Waals surface area contributed by atoms with E-state index in [0.29, 0.717) is 33.7 Å². The number of amides is 2. The van der Waals surface area contributed by atoms with Gasteiger partial charge in [-0.25, -0.2) is 8.78 Å². The lowest BCUT2D eigenvalue weighted by Crippen LogP contribution is -2.29. The highest BCUT2D eigenvalue weighted by atomic mass is 35.5. The molecule has 2 amide bonds. The molecule has 6 aromatic rings. The van der Waals surface area contributed by atoms with Gasteiger partial charge in [0, 0.05) is 56.4 Å². The summed E-state index contributed by atoms with van der Waals surface area (Å²) in [4.78, 5) is 34.1. The van der Waals surface area contributed by atoms with Crippen molar-refractivity contribution in [2.75, 3.05) is 10.6 Å². The van der Waals surface area contributed by atoms with Gasteiger partial charge in [-0.1, -0.05) is 37.0 Å². The average molecular weight is 822 g/mol. The Morgan fingerprint density at radius 3 is 1.28 bits per heavy atom. The van der Waals surface area contributed by atoms with Crippen molar-refractivity contribution in [3.63, 3.8) is 0 Å². The Hall–Kier alpha value is -4.92. The topological polar surface area (TPSA) is 84.0 Å². The summed E-state index contributed by atoms with van der Waals surface area (Å²) >= 11 is 11.8. The van der Waals surface area contributed by atoms with Gasteiger partial charge < -0.3 is 10.6 Å². The fourth-order valence-electron chi connectivity index (χ4n) is 8.86. The van der Waals surface area contributed by atoms with Crippen LogP contribution in [0, 0.1) is 35.3 Å². The van der Waals surface area contributed by atoms with Crippen molar-refractivity contribution in [2.45, 2.75) is 77.0 Å². The molecule has 6 nitrogen and oxygen atoms in total. The van der Waals surface area contributed by atoms with Crippen LogP contribution in [0.2, 0.25) is 10.0 Å². The first kappa shape index (κ1) is 41.2. The van der Waals surface area contributed by atoms with Crippen LogP contribution in [0.3, 0.4) is 0 Å². The van der Waals surface area contributed by atoms with Crippen molar-refractivity contribution in [1.82, 2.24) is 9.97 Å². The van der Waals surface area contributed by atoms with Gasteiger partial charge in [-0.3, -0.25) is 19.6 Å². The van der Waals surface area contributed by atoms with Gasteiger partial charge in [-0.2, -0.15) is 0 Å². The summed E-state index contributed by atoms with van der Waals surface area (Å²) in [5, 5.41) is 9.10. The number of aromatic nitrogens is 2. The first-order chi connectivity index (χ1) is 28.0. The molecule has 8 rings (SSSR count). The lowest BCUT2D eigenvalue weighted by Gasteiger charge is -2.32. The van der Waals surface area contributed by atoms with Gasteiger partial charge in [-0.05, 0) is 183 Å². The second kappa shape index (κ2) is 18.8. The number of rotatable bonds is 8. The second-order valence-electron chi connectivity index (χ2n) is 15.9. The van der Waals surface area contributed by atoms with Crippen molar-refractivity contribution in [2.24, 2.45) is 23.7 Å². The van der Waals surface area contributed by atoms with E-state index in [1.165, 1.54) is 23.3 Å². The molecule has 0 saturated heterocycles.